The third-order valence-corrected chi connectivity index (χ3v) is 5.94. The Hall–Kier alpha value is -2.39. The summed E-state index contributed by atoms with van der Waals surface area (Å²) in [6.07, 6.45) is 4.63. The van der Waals surface area contributed by atoms with Crippen molar-refractivity contribution < 1.29 is 27.5 Å². The Morgan fingerprint density at radius 2 is 2.11 bits per heavy atom. The molecule has 1 aliphatic rings. The first-order chi connectivity index (χ1) is 13.3. The summed E-state index contributed by atoms with van der Waals surface area (Å²) in [6.45, 7) is 3.15. The molecule has 1 saturated heterocycles. The van der Waals surface area contributed by atoms with Crippen LogP contribution in [0.25, 0.3) is 6.08 Å². The normalized spacial score (nSPS) is 17.5. The van der Waals surface area contributed by atoms with Gasteiger partial charge in [0.1, 0.15) is 10.6 Å². The zero-order valence-corrected chi connectivity index (χ0v) is 17.1. The molecule has 1 atom stereocenters. The number of carbonyl (C=O) groups is 2. The van der Waals surface area contributed by atoms with Gasteiger partial charge in [0.05, 0.1) is 7.11 Å². The molecule has 8 nitrogen and oxygen atoms in total. The molecular formula is C19H26N2O6S. The molecular weight excluding hydrogens is 384 g/mol. The Balaban J connectivity index is 1.98. The first-order valence-electron chi connectivity index (χ1n) is 9.01. The van der Waals surface area contributed by atoms with Crippen molar-refractivity contribution in [3.05, 3.63) is 29.8 Å². The highest BCUT2D eigenvalue weighted by Crippen LogP contribution is 2.25. The molecule has 0 bridgehead atoms. The number of likely N-dealkylation sites (tertiary alicyclic amines) is 1. The number of benzene rings is 1. The minimum Gasteiger partial charge on any atom is -0.495 e. The molecule has 9 heteroatoms. The number of nitrogens with zero attached hydrogens (tertiary/aromatic N) is 1. The van der Waals surface area contributed by atoms with Crippen molar-refractivity contribution >= 4 is 28.0 Å². The van der Waals surface area contributed by atoms with E-state index in [9.17, 15) is 18.0 Å². The lowest BCUT2D eigenvalue weighted by molar-refractivity contribution is -0.149. The second-order valence-corrected chi connectivity index (χ2v) is 8.50. The van der Waals surface area contributed by atoms with Gasteiger partial charge in [-0.1, -0.05) is 13.0 Å². The number of methoxy groups -OCH3 is 1. The minimum atomic E-state index is -3.72. The summed E-state index contributed by atoms with van der Waals surface area (Å²) in [5.41, 5.74) is 0.475. The number of amides is 1. The number of sulfonamides is 1. The van der Waals surface area contributed by atoms with Crippen molar-refractivity contribution in [3.8, 4) is 5.75 Å². The summed E-state index contributed by atoms with van der Waals surface area (Å²) in [5, 5.41) is 0. The number of hydrogen-bond acceptors (Lipinski definition) is 6. The maximum atomic E-state index is 12.1. The van der Waals surface area contributed by atoms with E-state index in [4.69, 9.17) is 9.47 Å². The van der Waals surface area contributed by atoms with Crippen LogP contribution < -0.4 is 9.46 Å². The number of carbonyl (C=O) groups excluding carboxylic acids is 2. The van der Waals surface area contributed by atoms with Gasteiger partial charge in [-0.05, 0) is 49.6 Å². The molecule has 0 unspecified atom stereocenters. The monoisotopic (exact) mass is 410 g/mol. The molecule has 28 heavy (non-hydrogen) atoms. The predicted molar refractivity (Wildman–Crippen MR) is 104 cm³/mol. The first kappa shape index (κ1) is 21.9. The highest BCUT2D eigenvalue weighted by Gasteiger charge is 2.21. The number of ether oxygens (including phenoxy) is 2. The largest absolute Gasteiger partial charge is 0.495 e. The van der Waals surface area contributed by atoms with Crippen LogP contribution in [0.5, 0.6) is 5.75 Å². The van der Waals surface area contributed by atoms with Gasteiger partial charge in [-0.15, -0.1) is 0 Å². The van der Waals surface area contributed by atoms with Crippen LogP contribution in [0.2, 0.25) is 0 Å². The number of esters is 1. The molecule has 2 rings (SSSR count). The fourth-order valence-electron chi connectivity index (χ4n) is 2.97. The zero-order valence-electron chi connectivity index (χ0n) is 16.3. The Kier molecular flexibility index (Phi) is 7.59. The lowest BCUT2D eigenvalue weighted by Crippen LogP contribution is -2.41. The lowest BCUT2D eigenvalue weighted by atomic mass is 10.0. The van der Waals surface area contributed by atoms with E-state index >= 15 is 0 Å². The van der Waals surface area contributed by atoms with E-state index in [1.807, 2.05) is 0 Å². The summed E-state index contributed by atoms with van der Waals surface area (Å²) in [4.78, 5) is 25.7. The highest BCUT2D eigenvalue weighted by atomic mass is 32.2. The van der Waals surface area contributed by atoms with Gasteiger partial charge in [0, 0.05) is 19.2 Å². The summed E-state index contributed by atoms with van der Waals surface area (Å²) in [6, 6.07) is 4.49. The van der Waals surface area contributed by atoms with Crippen LogP contribution >= 0.6 is 0 Å². The van der Waals surface area contributed by atoms with Crippen molar-refractivity contribution in [2.24, 2.45) is 5.92 Å². The highest BCUT2D eigenvalue weighted by molar-refractivity contribution is 7.89. The van der Waals surface area contributed by atoms with Crippen LogP contribution in [-0.4, -0.2) is 59.0 Å². The number of nitrogens with one attached hydrogen (secondary N) is 1. The average Bonchev–Trinajstić information content (AvgIpc) is 2.70. The molecule has 1 aromatic carbocycles. The maximum Gasteiger partial charge on any atom is 0.331 e. The number of rotatable bonds is 7. The van der Waals surface area contributed by atoms with E-state index in [0.717, 1.165) is 18.9 Å². The topological polar surface area (TPSA) is 102 Å². The van der Waals surface area contributed by atoms with Crippen LogP contribution in [0.4, 0.5) is 0 Å². The Labute approximate surface area is 165 Å². The molecule has 1 N–H and O–H groups in total. The van der Waals surface area contributed by atoms with Crippen LogP contribution in [0.1, 0.15) is 25.3 Å². The van der Waals surface area contributed by atoms with Gasteiger partial charge in [0.25, 0.3) is 5.91 Å². The van der Waals surface area contributed by atoms with Gasteiger partial charge in [0.15, 0.2) is 6.61 Å². The second kappa shape index (κ2) is 9.70. The molecule has 0 aromatic heterocycles. The molecule has 0 aliphatic carbocycles. The quantitative estimate of drug-likeness (QED) is 0.539. The zero-order chi connectivity index (χ0) is 20.7. The van der Waals surface area contributed by atoms with Gasteiger partial charge in [-0.3, -0.25) is 4.79 Å². The second-order valence-electron chi connectivity index (χ2n) is 6.65. The fourth-order valence-corrected chi connectivity index (χ4v) is 3.90. The lowest BCUT2D eigenvalue weighted by Gasteiger charge is -2.30. The molecule has 0 radical (unpaired) electrons. The summed E-state index contributed by atoms with van der Waals surface area (Å²) >= 11 is 0. The Morgan fingerprint density at radius 3 is 2.75 bits per heavy atom. The molecule has 1 aliphatic heterocycles. The predicted octanol–water partition coefficient (Wildman–Crippen LogP) is 1.42. The summed E-state index contributed by atoms with van der Waals surface area (Å²) in [5.74, 6) is -0.241. The van der Waals surface area contributed by atoms with Crippen LogP contribution in [0.3, 0.4) is 0 Å². The molecule has 0 saturated carbocycles. The van der Waals surface area contributed by atoms with Crippen molar-refractivity contribution in [2.75, 3.05) is 33.9 Å². The van der Waals surface area contributed by atoms with Gasteiger partial charge in [-0.25, -0.2) is 17.9 Å². The molecule has 0 spiro atoms. The van der Waals surface area contributed by atoms with E-state index in [-0.39, 0.29) is 23.2 Å². The summed E-state index contributed by atoms with van der Waals surface area (Å²) < 4.78 is 36.4. The molecule has 1 aromatic rings. The van der Waals surface area contributed by atoms with E-state index < -0.39 is 16.0 Å². The summed E-state index contributed by atoms with van der Waals surface area (Å²) in [7, 11) is -1.04. The molecule has 1 amide bonds. The molecule has 154 valence electrons. The van der Waals surface area contributed by atoms with E-state index in [1.54, 1.807) is 11.0 Å². The van der Waals surface area contributed by atoms with Crippen molar-refractivity contribution in [1.82, 2.24) is 9.62 Å². The van der Waals surface area contributed by atoms with Crippen LogP contribution in [0.15, 0.2) is 29.2 Å². The van der Waals surface area contributed by atoms with Crippen LogP contribution in [0, 0.1) is 5.92 Å². The van der Waals surface area contributed by atoms with Crippen molar-refractivity contribution in [3.63, 3.8) is 0 Å². The fraction of sp³-hybridized carbons (Fsp3) is 0.474. The Bertz CT molecular complexity index is 850. The smallest absolute Gasteiger partial charge is 0.331 e. The Morgan fingerprint density at radius 1 is 1.36 bits per heavy atom. The van der Waals surface area contributed by atoms with Crippen LogP contribution in [-0.2, 0) is 24.3 Å². The molecule has 1 fully saturated rings. The van der Waals surface area contributed by atoms with E-state index in [2.05, 4.69) is 11.6 Å². The van der Waals surface area contributed by atoms with Gasteiger partial charge in [-0.2, -0.15) is 0 Å². The third kappa shape index (κ3) is 5.80. The van der Waals surface area contributed by atoms with Gasteiger partial charge in [0.2, 0.25) is 10.0 Å². The van der Waals surface area contributed by atoms with Gasteiger partial charge < -0.3 is 14.4 Å². The van der Waals surface area contributed by atoms with Gasteiger partial charge >= 0.3 is 5.97 Å². The van der Waals surface area contributed by atoms with E-state index in [1.165, 1.54) is 32.4 Å². The van der Waals surface area contributed by atoms with E-state index in [0.29, 0.717) is 24.6 Å². The maximum absolute atomic E-state index is 12.1. The van der Waals surface area contributed by atoms with Crippen molar-refractivity contribution in [1.29, 1.82) is 0 Å². The van der Waals surface area contributed by atoms with Crippen molar-refractivity contribution in [2.45, 2.75) is 24.7 Å². The third-order valence-electron chi connectivity index (χ3n) is 4.51. The number of piperidine rings is 1. The first-order valence-corrected chi connectivity index (χ1v) is 10.5. The SMILES string of the molecule is CNS(=O)(=O)c1cc(/C=C/C(=O)OCC(=O)N2CCC[C@@H](C)C2)ccc1OC. The minimum absolute atomic E-state index is 0.0394. The number of hydrogen-bond donors (Lipinski definition) is 1. The molecule has 1 heterocycles. The average molecular weight is 410 g/mol. The standard InChI is InChI=1S/C19H26N2O6S/c1-14-5-4-10-21(12-14)18(22)13-27-19(23)9-7-15-6-8-16(26-3)17(11-15)28(24,25)20-2/h6-9,11,14,20H,4-5,10,12-13H2,1-3H3/b9-7+/t14-/m1/s1.